The number of nitrogens with zero attached hydrogens (tertiary/aromatic N) is 2. The predicted molar refractivity (Wildman–Crippen MR) is 101 cm³/mol. The zero-order valence-corrected chi connectivity index (χ0v) is 15.1. The van der Waals surface area contributed by atoms with Crippen LogP contribution in [-0.2, 0) is 6.54 Å². The number of hydrogen-bond donors (Lipinski definition) is 2. The van der Waals surface area contributed by atoms with E-state index in [9.17, 15) is 9.90 Å². The number of thiophene rings is 1. The largest absolute Gasteiger partial charge is 0.393 e. The quantitative estimate of drug-likeness (QED) is 0.737. The van der Waals surface area contributed by atoms with Gasteiger partial charge in [0.15, 0.2) is 0 Å². The molecule has 0 bridgehead atoms. The van der Waals surface area contributed by atoms with E-state index in [0.717, 1.165) is 41.9 Å². The summed E-state index contributed by atoms with van der Waals surface area (Å²) in [5.41, 5.74) is 1.74. The van der Waals surface area contributed by atoms with E-state index >= 15 is 0 Å². The second kappa shape index (κ2) is 6.88. The van der Waals surface area contributed by atoms with Crippen molar-refractivity contribution < 1.29 is 5.11 Å². The molecule has 1 saturated heterocycles. The van der Waals surface area contributed by atoms with Crippen LogP contribution in [0.2, 0.25) is 5.02 Å². The molecule has 5 nitrogen and oxygen atoms in total. The summed E-state index contributed by atoms with van der Waals surface area (Å²) >= 11 is 7.43. The Morgan fingerprint density at radius 2 is 2.00 bits per heavy atom. The number of aliphatic hydroxyl groups excluding tert-OH is 1. The molecule has 1 aromatic carbocycles. The minimum Gasteiger partial charge on any atom is -0.393 e. The molecule has 4 rings (SSSR count). The summed E-state index contributed by atoms with van der Waals surface area (Å²) in [6.45, 7) is 2.25. The lowest BCUT2D eigenvalue weighted by atomic mass is 10.1. The van der Waals surface area contributed by atoms with E-state index in [4.69, 9.17) is 11.6 Å². The number of H-pyrrole nitrogens is 1. The van der Waals surface area contributed by atoms with Crippen LogP contribution < -0.4 is 5.56 Å². The first kappa shape index (κ1) is 16.7. The zero-order valence-electron chi connectivity index (χ0n) is 13.5. The number of fused-ring (bicyclic) bond motifs is 1. The number of aromatic nitrogens is 2. The number of piperidine rings is 1. The second-order valence-electron chi connectivity index (χ2n) is 6.36. The van der Waals surface area contributed by atoms with Gasteiger partial charge in [0.1, 0.15) is 10.7 Å². The highest BCUT2D eigenvalue weighted by atomic mass is 35.5. The number of likely N-dealkylation sites (tertiary alicyclic amines) is 1. The number of aliphatic hydroxyl groups is 1. The van der Waals surface area contributed by atoms with Gasteiger partial charge in [-0.25, -0.2) is 4.98 Å². The number of hydrogen-bond acceptors (Lipinski definition) is 5. The average molecular weight is 376 g/mol. The van der Waals surface area contributed by atoms with Crippen LogP contribution in [0, 0.1) is 0 Å². The van der Waals surface area contributed by atoms with Gasteiger partial charge in [0.05, 0.1) is 18.0 Å². The van der Waals surface area contributed by atoms with Gasteiger partial charge < -0.3 is 10.1 Å². The highest BCUT2D eigenvalue weighted by Crippen LogP contribution is 2.31. The number of halogens is 1. The van der Waals surface area contributed by atoms with E-state index in [1.807, 2.05) is 29.6 Å². The maximum atomic E-state index is 12.6. The smallest absolute Gasteiger partial charge is 0.260 e. The fourth-order valence-electron chi connectivity index (χ4n) is 3.20. The lowest BCUT2D eigenvalue weighted by molar-refractivity contribution is 0.0780. The molecule has 25 heavy (non-hydrogen) atoms. The lowest BCUT2D eigenvalue weighted by Gasteiger charge is -2.28. The summed E-state index contributed by atoms with van der Waals surface area (Å²) < 4.78 is 0. The summed E-state index contributed by atoms with van der Waals surface area (Å²) in [5.74, 6) is 0.679. The van der Waals surface area contributed by atoms with Crippen molar-refractivity contribution in [2.24, 2.45) is 0 Å². The standard InChI is InChI=1S/C18H18ClN3O2S/c19-12-3-1-11(2-4-12)14-10-25-18-16(14)17(24)20-15(21-18)9-22-7-5-13(23)6-8-22/h1-4,10,13,23H,5-9H2,(H,20,21,24). The fourth-order valence-corrected chi connectivity index (χ4v) is 4.29. The Bertz CT molecular complexity index is 943. The average Bonchev–Trinajstić information content (AvgIpc) is 3.02. The van der Waals surface area contributed by atoms with Crippen molar-refractivity contribution in [2.45, 2.75) is 25.5 Å². The normalized spacial score (nSPS) is 16.6. The van der Waals surface area contributed by atoms with Crippen molar-refractivity contribution in [2.75, 3.05) is 13.1 Å². The van der Waals surface area contributed by atoms with E-state index in [1.165, 1.54) is 11.3 Å². The minimum atomic E-state index is -0.204. The van der Waals surface area contributed by atoms with Gasteiger partial charge in [0.2, 0.25) is 0 Å². The van der Waals surface area contributed by atoms with Gasteiger partial charge in [0, 0.05) is 29.1 Å². The molecule has 130 valence electrons. The molecule has 0 saturated carbocycles. The van der Waals surface area contributed by atoms with Crippen LogP contribution in [0.4, 0.5) is 0 Å². The van der Waals surface area contributed by atoms with Gasteiger partial charge in [-0.3, -0.25) is 9.69 Å². The van der Waals surface area contributed by atoms with Crippen molar-refractivity contribution in [3.63, 3.8) is 0 Å². The summed E-state index contributed by atoms with van der Waals surface area (Å²) in [7, 11) is 0. The number of benzene rings is 1. The number of nitrogens with one attached hydrogen (secondary N) is 1. The van der Waals surface area contributed by atoms with E-state index in [1.54, 1.807) is 0 Å². The molecule has 0 amide bonds. The second-order valence-corrected chi connectivity index (χ2v) is 7.65. The van der Waals surface area contributed by atoms with Crippen molar-refractivity contribution >= 4 is 33.2 Å². The van der Waals surface area contributed by atoms with Gasteiger partial charge in [-0.05, 0) is 30.5 Å². The van der Waals surface area contributed by atoms with E-state index < -0.39 is 0 Å². The monoisotopic (exact) mass is 375 g/mol. The van der Waals surface area contributed by atoms with Crippen molar-refractivity contribution in [1.29, 1.82) is 0 Å². The molecular formula is C18H18ClN3O2S. The SMILES string of the molecule is O=c1[nH]c(CN2CCC(O)CC2)nc2scc(-c3ccc(Cl)cc3)c12. The molecule has 0 radical (unpaired) electrons. The molecule has 2 N–H and O–H groups in total. The maximum absolute atomic E-state index is 12.6. The number of rotatable bonds is 3. The molecule has 3 heterocycles. The molecule has 3 aromatic rings. The van der Waals surface area contributed by atoms with Gasteiger partial charge in [-0.1, -0.05) is 23.7 Å². The first-order valence-electron chi connectivity index (χ1n) is 8.27. The first-order valence-corrected chi connectivity index (χ1v) is 9.52. The summed E-state index contributed by atoms with van der Waals surface area (Å²) in [4.78, 5) is 23.2. The Hall–Kier alpha value is -1.73. The molecule has 0 aliphatic carbocycles. The maximum Gasteiger partial charge on any atom is 0.260 e. The van der Waals surface area contributed by atoms with Crippen LogP contribution >= 0.6 is 22.9 Å². The zero-order chi connectivity index (χ0) is 17.4. The van der Waals surface area contributed by atoms with Crippen LogP contribution in [0.3, 0.4) is 0 Å². The van der Waals surface area contributed by atoms with Crippen LogP contribution in [-0.4, -0.2) is 39.2 Å². The Balaban J connectivity index is 1.65. The molecule has 2 aromatic heterocycles. The molecular weight excluding hydrogens is 358 g/mol. The van der Waals surface area contributed by atoms with Crippen molar-refractivity contribution in [1.82, 2.24) is 14.9 Å². The van der Waals surface area contributed by atoms with Gasteiger partial charge in [-0.2, -0.15) is 0 Å². The van der Waals surface area contributed by atoms with E-state index in [2.05, 4.69) is 14.9 Å². The highest BCUT2D eigenvalue weighted by Gasteiger charge is 2.19. The van der Waals surface area contributed by atoms with Crippen molar-refractivity contribution in [3.8, 4) is 11.1 Å². The molecule has 1 aliphatic heterocycles. The summed E-state index contributed by atoms with van der Waals surface area (Å²) in [5, 5.41) is 12.9. The molecule has 0 spiro atoms. The molecule has 0 unspecified atom stereocenters. The topological polar surface area (TPSA) is 69.2 Å². The van der Waals surface area contributed by atoms with Crippen LogP contribution in [0.25, 0.3) is 21.3 Å². The van der Waals surface area contributed by atoms with E-state index in [0.29, 0.717) is 22.8 Å². The fraction of sp³-hybridized carbons (Fsp3) is 0.333. The van der Waals surface area contributed by atoms with Crippen LogP contribution in [0.5, 0.6) is 0 Å². The third-order valence-electron chi connectivity index (χ3n) is 4.58. The summed E-state index contributed by atoms with van der Waals surface area (Å²) in [6, 6.07) is 7.47. The Morgan fingerprint density at radius 1 is 1.28 bits per heavy atom. The molecule has 0 atom stereocenters. The lowest BCUT2D eigenvalue weighted by Crippen LogP contribution is -2.36. The predicted octanol–water partition coefficient (Wildman–Crippen LogP) is 3.26. The number of aromatic amines is 1. The molecule has 7 heteroatoms. The van der Waals surface area contributed by atoms with Gasteiger partial charge >= 0.3 is 0 Å². The molecule has 1 fully saturated rings. The highest BCUT2D eigenvalue weighted by molar-refractivity contribution is 7.17. The van der Waals surface area contributed by atoms with Crippen molar-refractivity contribution in [3.05, 3.63) is 50.8 Å². The summed E-state index contributed by atoms with van der Waals surface area (Å²) in [6.07, 6.45) is 1.34. The van der Waals surface area contributed by atoms with Gasteiger partial charge in [0.25, 0.3) is 5.56 Å². The first-order chi connectivity index (χ1) is 12.1. The third kappa shape index (κ3) is 3.48. The Kier molecular flexibility index (Phi) is 4.60. The van der Waals surface area contributed by atoms with Crippen LogP contribution in [0.1, 0.15) is 18.7 Å². The Morgan fingerprint density at radius 3 is 2.72 bits per heavy atom. The minimum absolute atomic E-state index is 0.108. The van der Waals surface area contributed by atoms with Crippen LogP contribution in [0.15, 0.2) is 34.4 Å². The van der Waals surface area contributed by atoms with Gasteiger partial charge in [-0.15, -0.1) is 11.3 Å². The third-order valence-corrected chi connectivity index (χ3v) is 5.70. The molecule has 1 aliphatic rings. The Labute approximate surface area is 153 Å². The van der Waals surface area contributed by atoms with E-state index in [-0.39, 0.29) is 11.7 Å².